The van der Waals surface area contributed by atoms with Crippen molar-refractivity contribution in [2.75, 3.05) is 0 Å². The van der Waals surface area contributed by atoms with Crippen molar-refractivity contribution in [3.05, 3.63) is 29.8 Å². The maximum atomic E-state index is 10.5. The highest BCUT2D eigenvalue weighted by molar-refractivity contribution is 5.91. The molecule has 0 aliphatic heterocycles. The molecule has 0 atom stereocenters. The Kier molecular flexibility index (Phi) is 2.42. The van der Waals surface area contributed by atoms with Gasteiger partial charge in [0, 0.05) is 0 Å². The van der Waals surface area contributed by atoms with Crippen LogP contribution >= 0.6 is 0 Å². The molecule has 4 heteroatoms. The van der Waals surface area contributed by atoms with Gasteiger partial charge in [0.1, 0.15) is 11.3 Å². The molecular formula is C8H5O4. The van der Waals surface area contributed by atoms with E-state index in [1.54, 1.807) is 12.1 Å². The van der Waals surface area contributed by atoms with Gasteiger partial charge in [0.25, 0.3) is 0 Å². The SMILES string of the molecule is O=[C]Oc1ccccc1C(=O)O. The average Bonchev–Trinajstić information content (AvgIpc) is 2.05. The minimum absolute atomic E-state index is 0.000000000000000444. The second kappa shape index (κ2) is 3.52. The quantitative estimate of drug-likeness (QED) is 0.720. The molecule has 0 aliphatic carbocycles. The molecule has 0 bridgehead atoms. The number of ether oxygens (including phenoxy) is 1. The lowest BCUT2D eigenvalue weighted by Crippen LogP contribution is -2.00. The lowest BCUT2D eigenvalue weighted by Gasteiger charge is -1.99. The number of hydrogen-bond acceptors (Lipinski definition) is 3. The zero-order valence-electron chi connectivity index (χ0n) is 5.98. The van der Waals surface area contributed by atoms with E-state index in [1.807, 2.05) is 0 Å². The lowest BCUT2D eigenvalue weighted by atomic mass is 10.2. The number of para-hydroxylation sites is 1. The first kappa shape index (κ1) is 8.26. The van der Waals surface area contributed by atoms with Gasteiger partial charge in [0.05, 0.1) is 0 Å². The fourth-order valence-corrected chi connectivity index (χ4v) is 0.777. The average molecular weight is 165 g/mol. The van der Waals surface area contributed by atoms with Crippen molar-refractivity contribution in [2.45, 2.75) is 0 Å². The van der Waals surface area contributed by atoms with E-state index in [1.165, 1.54) is 18.6 Å². The van der Waals surface area contributed by atoms with Gasteiger partial charge >= 0.3 is 12.4 Å². The molecule has 1 aromatic carbocycles. The normalized spacial score (nSPS) is 9.00. The summed E-state index contributed by atoms with van der Waals surface area (Å²) in [5, 5.41) is 8.58. The van der Waals surface area contributed by atoms with E-state index < -0.39 is 5.97 Å². The van der Waals surface area contributed by atoms with Crippen LogP contribution in [-0.2, 0) is 4.79 Å². The Morgan fingerprint density at radius 3 is 2.67 bits per heavy atom. The number of rotatable bonds is 3. The van der Waals surface area contributed by atoms with E-state index in [4.69, 9.17) is 5.11 Å². The zero-order chi connectivity index (χ0) is 8.97. The zero-order valence-corrected chi connectivity index (χ0v) is 5.98. The summed E-state index contributed by atoms with van der Waals surface area (Å²) >= 11 is 0. The fourth-order valence-electron chi connectivity index (χ4n) is 0.777. The molecule has 4 nitrogen and oxygen atoms in total. The van der Waals surface area contributed by atoms with Gasteiger partial charge in [-0.2, -0.15) is 0 Å². The maximum absolute atomic E-state index is 10.5. The Hall–Kier alpha value is -1.84. The molecule has 0 saturated carbocycles. The molecule has 0 aliphatic rings. The third-order valence-electron chi connectivity index (χ3n) is 1.27. The van der Waals surface area contributed by atoms with Crippen LogP contribution in [0.1, 0.15) is 10.4 Å². The monoisotopic (exact) mass is 165 g/mol. The van der Waals surface area contributed by atoms with Crippen molar-refractivity contribution in [3.8, 4) is 5.75 Å². The molecule has 1 rings (SSSR count). The molecule has 1 N–H and O–H groups in total. The topological polar surface area (TPSA) is 63.6 Å². The van der Waals surface area contributed by atoms with Gasteiger partial charge < -0.3 is 9.84 Å². The number of carbonyl (C=O) groups excluding carboxylic acids is 1. The minimum atomic E-state index is -1.14. The van der Waals surface area contributed by atoms with Gasteiger partial charge in [-0.15, -0.1) is 0 Å². The molecule has 0 amide bonds. The molecule has 1 aromatic rings. The standard InChI is InChI=1S/C8H5O4/c9-5-12-7-4-2-1-3-6(7)8(10)11/h1-4H,(H,10,11). The van der Waals surface area contributed by atoms with E-state index in [2.05, 4.69) is 4.74 Å². The van der Waals surface area contributed by atoms with Crippen molar-refractivity contribution in [1.82, 2.24) is 0 Å². The van der Waals surface area contributed by atoms with Crippen LogP contribution < -0.4 is 4.74 Å². The van der Waals surface area contributed by atoms with Gasteiger partial charge in [-0.05, 0) is 12.1 Å². The van der Waals surface area contributed by atoms with Crippen LogP contribution in [0.3, 0.4) is 0 Å². The van der Waals surface area contributed by atoms with Crippen LogP contribution in [-0.4, -0.2) is 17.5 Å². The van der Waals surface area contributed by atoms with Gasteiger partial charge in [0.15, 0.2) is 0 Å². The van der Waals surface area contributed by atoms with E-state index in [-0.39, 0.29) is 11.3 Å². The van der Waals surface area contributed by atoms with Crippen LogP contribution in [0.5, 0.6) is 5.75 Å². The number of aromatic carboxylic acids is 1. The molecule has 0 spiro atoms. The summed E-state index contributed by atoms with van der Waals surface area (Å²) in [5.74, 6) is -1.14. The van der Waals surface area contributed by atoms with E-state index in [0.29, 0.717) is 0 Å². The first-order valence-corrected chi connectivity index (χ1v) is 3.12. The number of carboxylic acid groups (broad SMARTS) is 1. The molecule has 12 heavy (non-hydrogen) atoms. The number of hydrogen-bond donors (Lipinski definition) is 1. The summed E-state index contributed by atoms with van der Waals surface area (Å²) in [4.78, 5) is 20.3. The Labute approximate surface area is 68.4 Å². The third-order valence-corrected chi connectivity index (χ3v) is 1.27. The summed E-state index contributed by atoms with van der Waals surface area (Å²) in [6.45, 7) is 1.17. The summed E-state index contributed by atoms with van der Waals surface area (Å²) in [6, 6.07) is 5.84. The van der Waals surface area contributed by atoms with Crippen LogP contribution in [0.25, 0.3) is 0 Å². The highest BCUT2D eigenvalue weighted by atomic mass is 16.5. The van der Waals surface area contributed by atoms with Crippen LogP contribution in [0.2, 0.25) is 0 Å². The maximum Gasteiger partial charge on any atom is 0.423 e. The van der Waals surface area contributed by atoms with Crippen LogP contribution in [0.4, 0.5) is 0 Å². The first-order valence-electron chi connectivity index (χ1n) is 3.12. The van der Waals surface area contributed by atoms with Crippen LogP contribution in [0.15, 0.2) is 24.3 Å². The Bertz CT molecular complexity index is 306. The first-order chi connectivity index (χ1) is 5.75. The van der Waals surface area contributed by atoms with Gasteiger partial charge in [-0.25, -0.2) is 9.59 Å². The second-order valence-corrected chi connectivity index (χ2v) is 1.99. The number of benzene rings is 1. The number of carbonyl (C=O) groups is 1. The van der Waals surface area contributed by atoms with Crippen molar-refractivity contribution in [3.63, 3.8) is 0 Å². The summed E-state index contributed by atoms with van der Waals surface area (Å²) in [6.07, 6.45) is 0. The minimum Gasteiger partial charge on any atom is -0.478 e. The number of carboxylic acids is 1. The van der Waals surface area contributed by atoms with Crippen LogP contribution in [0, 0.1) is 0 Å². The van der Waals surface area contributed by atoms with Crippen molar-refractivity contribution >= 4 is 12.4 Å². The summed E-state index contributed by atoms with van der Waals surface area (Å²) < 4.78 is 4.31. The largest absolute Gasteiger partial charge is 0.478 e. The summed E-state index contributed by atoms with van der Waals surface area (Å²) in [5.41, 5.74) is -0.0548. The summed E-state index contributed by atoms with van der Waals surface area (Å²) in [7, 11) is 0. The molecule has 0 aromatic heterocycles. The van der Waals surface area contributed by atoms with E-state index >= 15 is 0 Å². The molecule has 0 heterocycles. The second-order valence-electron chi connectivity index (χ2n) is 1.99. The predicted molar refractivity (Wildman–Crippen MR) is 39.7 cm³/mol. The molecule has 0 unspecified atom stereocenters. The smallest absolute Gasteiger partial charge is 0.423 e. The molecule has 61 valence electrons. The molecular weight excluding hydrogens is 160 g/mol. The van der Waals surface area contributed by atoms with E-state index in [9.17, 15) is 9.59 Å². The van der Waals surface area contributed by atoms with Gasteiger partial charge in [-0.3, -0.25) is 0 Å². The highest BCUT2D eigenvalue weighted by Crippen LogP contribution is 2.16. The van der Waals surface area contributed by atoms with Crippen molar-refractivity contribution in [1.29, 1.82) is 0 Å². The van der Waals surface area contributed by atoms with Gasteiger partial charge in [0.2, 0.25) is 0 Å². The molecule has 0 saturated heterocycles. The van der Waals surface area contributed by atoms with Crippen molar-refractivity contribution in [2.24, 2.45) is 0 Å². The Morgan fingerprint density at radius 2 is 2.08 bits per heavy atom. The Morgan fingerprint density at radius 1 is 1.42 bits per heavy atom. The predicted octanol–water partition coefficient (Wildman–Crippen LogP) is 0.831. The van der Waals surface area contributed by atoms with E-state index in [0.717, 1.165) is 0 Å². The Balaban J connectivity index is 3.07. The molecule has 0 fully saturated rings. The van der Waals surface area contributed by atoms with Gasteiger partial charge in [-0.1, -0.05) is 12.1 Å². The highest BCUT2D eigenvalue weighted by Gasteiger charge is 2.09. The fraction of sp³-hybridized carbons (Fsp3) is 0. The third kappa shape index (κ3) is 1.60. The lowest BCUT2D eigenvalue weighted by molar-refractivity contribution is 0.0694. The molecule has 1 radical (unpaired) electrons. The van der Waals surface area contributed by atoms with Crippen molar-refractivity contribution < 1.29 is 19.4 Å².